The van der Waals surface area contributed by atoms with Gasteiger partial charge in [-0.15, -0.1) is 22.7 Å². The van der Waals surface area contributed by atoms with E-state index in [9.17, 15) is 14.4 Å². The zero-order chi connectivity index (χ0) is 27.9. The second-order valence-electron chi connectivity index (χ2n) is 5.93. The maximum Gasteiger partial charge on any atom is 0.340 e. The highest BCUT2D eigenvalue weighted by atomic mass is 32.1. The molecule has 2 heterocycles. The quantitative estimate of drug-likeness (QED) is 0.0902. The van der Waals surface area contributed by atoms with Gasteiger partial charge in [0.15, 0.2) is 6.29 Å². The van der Waals surface area contributed by atoms with E-state index in [4.69, 9.17) is 25.3 Å². The molecule has 200 valence electrons. The van der Waals surface area contributed by atoms with Gasteiger partial charge in [0.2, 0.25) is 0 Å². The summed E-state index contributed by atoms with van der Waals surface area (Å²) in [4.78, 5) is 46.3. The lowest BCUT2D eigenvalue weighted by atomic mass is 10.4. The first-order valence-corrected chi connectivity index (χ1v) is 11.9. The number of hydrogen-bond donors (Lipinski definition) is 0. The number of azide groups is 2. The Hall–Kier alpha value is -3.85. The van der Waals surface area contributed by atoms with Gasteiger partial charge in [0, 0.05) is 41.3 Å². The minimum atomic E-state index is -0.656. The molecule has 0 aliphatic carbocycles. The van der Waals surface area contributed by atoms with E-state index in [1.807, 2.05) is 0 Å². The molecule has 0 fully saturated rings. The Balaban J connectivity index is 0.000000577. The number of nitrogens with zero attached hydrogens (tertiary/aromatic N) is 8. The molecule has 0 saturated heterocycles. The van der Waals surface area contributed by atoms with Crippen molar-refractivity contribution < 1.29 is 33.3 Å². The minimum Gasteiger partial charge on any atom is -0.466 e. The van der Waals surface area contributed by atoms with E-state index in [-0.39, 0.29) is 18.8 Å². The Labute approximate surface area is 220 Å². The monoisotopic (exact) mass is 554 g/mol. The molecule has 2 rings (SSSR count). The van der Waals surface area contributed by atoms with Gasteiger partial charge >= 0.3 is 11.9 Å². The average Bonchev–Trinajstić information content (AvgIpc) is 3.53. The fourth-order valence-electron chi connectivity index (χ4n) is 1.96. The number of ether oxygens (including phenoxy) is 4. The lowest BCUT2D eigenvalue weighted by molar-refractivity contribution is -0.141. The zero-order valence-electron chi connectivity index (χ0n) is 20.6. The molecule has 0 bridgehead atoms. The van der Waals surface area contributed by atoms with Gasteiger partial charge < -0.3 is 18.9 Å². The summed E-state index contributed by atoms with van der Waals surface area (Å²) >= 11 is 2.70. The second-order valence-corrected chi connectivity index (χ2v) is 8.22. The molecular formula is C20H26N8O7S2. The number of aldehydes is 1. The summed E-state index contributed by atoms with van der Waals surface area (Å²) in [6.07, 6.45) is 5.35. The standard InChI is InChI=1S/C10H12N4O3S.C6H7NO2S.C4H7N3O2/c1-3-17-10(15)8(13-14-11)4-7-5-12-9(18-7)6-16-2;1-9-4-6-7-2-5(3-8)10-6;1-2-9-4(8)3-6-7-5/h4-5H,3,6H2,1-2H3;2-3H,4H2,1H3;2-3H2,1H3/b8-4-;;. The Morgan fingerprint density at radius 3 is 2.00 bits per heavy atom. The normalized spacial score (nSPS) is 9.78. The van der Waals surface area contributed by atoms with Crippen LogP contribution in [-0.4, -0.2) is 62.2 Å². The first-order valence-electron chi connectivity index (χ1n) is 10.3. The third kappa shape index (κ3) is 15.7. The number of carbonyl (C=O) groups excluding carboxylic acids is 3. The van der Waals surface area contributed by atoms with Crippen LogP contribution in [0.4, 0.5) is 0 Å². The van der Waals surface area contributed by atoms with Gasteiger partial charge in [-0.05, 0) is 31.0 Å². The topological polar surface area (TPSA) is 211 Å². The van der Waals surface area contributed by atoms with Gasteiger partial charge in [-0.25, -0.2) is 14.8 Å². The average molecular weight is 555 g/mol. The van der Waals surface area contributed by atoms with Gasteiger partial charge in [-0.1, -0.05) is 10.2 Å². The molecule has 0 aliphatic heterocycles. The minimum absolute atomic E-state index is 0.0908. The number of thiazole rings is 2. The summed E-state index contributed by atoms with van der Waals surface area (Å²) in [6, 6.07) is 0. The Morgan fingerprint density at radius 1 is 0.973 bits per heavy atom. The first kappa shape index (κ1) is 33.1. The third-order valence-corrected chi connectivity index (χ3v) is 5.09. The van der Waals surface area contributed by atoms with E-state index in [1.54, 1.807) is 40.5 Å². The molecular weight excluding hydrogens is 528 g/mol. The van der Waals surface area contributed by atoms with E-state index in [0.717, 1.165) is 16.3 Å². The molecule has 37 heavy (non-hydrogen) atoms. The molecule has 0 aromatic carbocycles. The van der Waals surface area contributed by atoms with Crippen LogP contribution in [0.2, 0.25) is 0 Å². The summed E-state index contributed by atoms with van der Waals surface area (Å²) in [5.74, 6) is -1.15. The van der Waals surface area contributed by atoms with Crippen LogP contribution < -0.4 is 0 Å². The van der Waals surface area contributed by atoms with Crippen molar-refractivity contribution in [3.05, 3.63) is 58.7 Å². The van der Waals surface area contributed by atoms with Crippen LogP contribution in [0.1, 0.15) is 38.4 Å². The van der Waals surface area contributed by atoms with Crippen LogP contribution in [-0.2, 0) is 41.8 Å². The molecule has 0 saturated carbocycles. The zero-order valence-corrected chi connectivity index (χ0v) is 22.2. The first-order chi connectivity index (χ1) is 17.9. The van der Waals surface area contributed by atoms with E-state index in [0.29, 0.717) is 29.6 Å². The van der Waals surface area contributed by atoms with Crippen molar-refractivity contribution in [2.75, 3.05) is 34.0 Å². The molecule has 17 heteroatoms. The van der Waals surface area contributed by atoms with Crippen molar-refractivity contribution in [2.45, 2.75) is 27.1 Å². The molecule has 0 unspecified atom stereocenters. The third-order valence-electron chi connectivity index (χ3n) is 3.28. The van der Waals surface area contributed by atoms with Crippen LogP contribution in [0.3, 0.4) is 0 Å². The maximum absolute atomic E-state index is 11.5. The van der Waals surface area contributed by atoms with Crippen LogP contribution in [0, 0.1) is 0 Å². The van der Waals surface area contributed by atoms with Gasteiger partial charge in [-0.2, -0.15) is 0 Å². The SMILES string of the molecule is CCOC(=O)/C(=C/c1cnc(COC)s1)N=[N+]=[N-].CCOC(=O)CN=[N+]=[N-].COCc1ncc(C=O)s1. The number of hydrogen-bond acceptors (Lipinski definition) is 13. The van der Waals surface area contributed by atoms with Crippen LogP contribution in [0.15, 0.2) is 28.3 Å². The van der Waals surface area contributed by atoms with Gasteiger partial charge in [0.05, 0.1) is 31.3 Å². The number of aromatic nitrogens is 2. The molecule has 0 radical (unpaired) electrons. The molecule has 0 amide bonds. The number of rotatable bonds is 12. The highest BCUT2D eigenvalue weighted by Gasteiger charge is 2.10. The van der Waals surface area contributed by atoms with Gasteiger partial charge in [-0.3, -0.25) is 9.59 Å². The number of carbonyl (C=O) groups is 3. The van der Waals surface area contributed by atoms with Crippen LogP contribution in [0.25, 0.3) is 27.0 Å². The highest BCUT2D eigenvalue weighted by molar-refractivity contribution is 7.13. The van der Waals surface area contributed by atoms with E-state index in [1.165, 1.54) is 28.7 Å². The second kappa shape index (κ2) is 21.4. The number of esters is 2. The number of methoxy groups -OCH3 is 2. The van der Waals surface area contributed by atoms with Crippen molar-refractivity contribution in [3.63, 3.8) is 0 Å². The lowest BCUT2D eigenvalue weighted by Gasteiger charge is -1.99. The smallest absolute Gasteiger partial charge is 0.340 e. The molecule has 2 aromatic rings. The van der Waals surface area contributed by atoms with E-state index >= 15 is 0 Å². The summed E-state index contributed by atoms with van der Waals surface area (Å²) in [5.41, 5.74) is 16.0. The molecule has 0 aliphatic rings. The lowest BCUT2D eigenvalue weighted by Crippen LogP contribution is -2.06. The van der Waals surface area contributed by atoms with Crippen LogP contribution >= 0.6 is 22.7 Å². The van der Waals surface area contributed by atoms with Crippen molar-refractivity contribution in [1.29, 1.82) is 0 Å². The summed E-state index contributed by atoms with van der Waals surface area (Å²) < 4.78 is 19.0. The van der Waals surface area contributed by atoms with Gasteiger partial charge in [0.25, 0.3) is 0 Å². The molecule has 0 atom stereocenters. The predicted octanol–water partition coefficient (Wildman–Crippen LogP) is 4.47. The van der Waals surface area contributed by atoms with Crippen molar-refractivity contribution >= 4 is 47.0 Å². The van der Waals surface area contributed by atoms with Gasteiger partial charge in [0.1, 0.15) is 22.3 Å². The molecule has 0 N–H and O–H groups in total. The Morgan fingerprint density at radius 2 is 1.54 bits per heavy atom. The van der Waals surface area contributed by atoms with Crippen LogP contribution in [0.5, 0.6) is 0 Å². The largest absolute Gasteiger partial charge is 0.466 e. The van der Waals surface area contributed by atoms with E-state index in [2.05, 4.69) is 34.8 Å². The Kier molecular flexibility index (Phi) is 19.2. The molecule has 15 nitrogen and oxygen atoms in total. The van der Waals surface area contributed by atoms with Crippen molar-refractivity contribution in [1.82, 2.24) is 9.97 Å². The molecule has 2 aromatic heterocycles. The highest BCUT2D eigenvalue weighted by Crippen LogP contribution is 2.18. The van der Waals surface area contributed by atoms with E-state index < -0.39 is 11.9 Å². The Bertz CT molecular complexity index is 1110. The van der Waals surface area contributed by atoms with Crippen molar-refractivity contribution in [2.24, 2.45) is 10.2 Å². The summed E-state index contributed by atoms with van der Waals surface area (Å²) in [6.45, 7) is 4.56. The maximum atomic E-state index is 11.5. The van der Waals surface area contributed by atoms with Crippen molar-refractivity contribution in [3.8, 4) is 0 Å². The predicted molar refractivity (Wildman–Crippen MR) is 135 cm³/mol. The molecule has 0 spiro atoms. The summed E-state index contributed by atoms with van der Waals surface area (Å²) in [7, 11) is 3.17. The summed E-state index contributed by atoms with van der Waals surface area (Å²) in [5, 5.41) is 7.91. The fraction of sp³-hybridized carbons (Fsp3) is 0.450. The fourth-order valence-corrected chi connectivity index (χ4v) is 3.50.